The lowest BCUT2D eigenvalue weighted by molar-refractivity contribution is 0.507. The van der Waals surface area contributed by atoms with E-state index in [0.717, 1.165) is 50.3 Å². The molecule has 21 heavy (non-hydrogen) atoms. The fraction of sp³-hybridized carbons (Fsp3) is 0.562. The van der Waals surface area contributed by atoms with Crippen LogP contribution in [0.15, 0.2) is 30.7 Å². The summed E-state index contributed by atoms with van der Waals surface area (Å²) in [6.45, 7) is 4.04. The van der Waals surface area contributed by atoms with Crippen LogP contribution in [0.4, 0.5) is 0 Å². The molecule has 0 N–H and O–H groups in total. The first kappa shape index (κ1) is 14.0. The second-order valence-corrected chi connectivity index (χ2v) is 5.63. The molecule has 0 bridgehead atoms. The van der Waals surface area contributed by atoms with E-state index in [2.05, 4.69) is 51.3 Å². The standard InChI is InChI=1S/C16H23N5/c1-2-16-17-9-12-20(16)10-6-11-21-13-15(18-19-21)14-7-4-3-5-8-14/h3-4,9,12-14H,2,5-8,10-11H2,1H3/t14-/m1/s1. The number of nitrogens with zero attached hydrogens (tertiary/aromatic N) is 5. The summed E-state index contributed by atoms with van der Waals surface area (Å²) in [6.07, 6.45) is 16.1. The normalized spacial score (nSPS) is 18.2. The zero-order valence-corrected chi connectivity index (χ0v) is 12.6. The van der Waals surface area contributed by atoms with Crippen molar-refractivity contribution >= 4 is 0 Å². The zero-order chi connectivity index (χ0) is 14.5. The van der Waals surface area contributed by atoms with Gasteiger partial charge in [-0.2, -0.15) is 0 Å². The van der Waals surface area contributed by atoms with E-state index in [-0.39, 0.29) is 0 Å². The van der Waals surface area contributed by atoms with Gasteiger partial charge >= 0.3 is 0 Å². The number of imidazole rings is 1. The molecule has 0 aliphatic heterocycles. The van der Waals surface area contributed by atoms with Crippen LogP contribution in [0.5, 0.6) is 0 Å². The molecule has 0 aromatic carbocycles. The van der Waals surface area contributed by atoms with Gasteiger partial charge in [-0.15, -0.1) is 5.10 Å². The predicted octanol–water partition coefficient (Wildman–Crippen LogP) is 2.95. The van der Waals surface area contributed by atoms with Crippen molar-refractivity contribution < 1.29 is 0 Å². The molecular weight excluding hydrogens is 262 g/mol. The quantitative estimate of drug-likeness (QED) is 0.767. The third kappa shape index (κ3) is 3.40. The molecule has 0 unspecified atom stereocenters. The maximum Gasteiger partial charge on any atom is 0.108 e. The average molecular weight is 285 g/mol. The third-order valence-corrected chi connectivity index (χ3v) is 4.15. The molecule has 1 aliphatic carbocycles. The van der Waals surface area contributed by atoms with Gasteiger partial charge in [-0.1, -0.05) is 24.3 Å². The number of hydrogen-bond acceptors (Lipinski definition) is 3. The Morgan fingerprint density at radius 3 is 3.05 bits per heavy atom. The van der Waals surface area contributed by atoms with Crippen molar-refractivity contribution in [3.63, 3.8) is 0 Å². The minimum absolute atomic E-state index is 0.559. The molecular formula is C16H23N5. The van der Waals surface area contributed by atoms with Crippen LogP contribution >= 0.6 is 0 Å². The number of aryl methyl sites for hydroxylation is 3. The largest absolute Gasteiger partial charge is 0.335 e. The minimum atomic E-state index is 0.559. The highest BCUT2D eigenvalue weighted by atomic mass is 15.4. The van der Waals surface area contributed by atoms with E-state index in [4.69, 9.17) is 0 Å². The summed E-state index contributed by atoms with van der Waals surface area (Å²) >= 11 is 0. The maximum absolute atomic E-state index is 4.35. The second kappa shape index (κ2) is 6.70. The molecule has 1 aliphatic rings. The third-order valence-electron chi connectivity index (χ3n) is 4.15. The Labute approximate surface area is 125 Å². The van der Waals surface area contributed by atoms with Gasteiger partial charge in [0.25, 0.3) is 0 Å². The Bertz CT molecular complexity index is 595. The number of rotatable bonds is 6. The van der Waals surface area contributed by atoms with E-state index in [0.29, 0.717) is 5.92 Å². The SMILES string of the molecule is CCc1nccn1CCCn1cc([C@@H]2CC=CCC2)nn1. The van der Waals surface area contributed by atoms with Crippen LogP contribution in [0, 0.1) is 0 Å². The first-order valence-corrected chi connectivity index (χ1v) is 7.92. The predicted molar refractivity (Wildman–Crippen MR) is 82.0 cm³/mol. The van der Waals surface area contributed by atoms with E-state index >= 15 is 0 Å². The summed E-state index contributed by atoms with van der Waals surface area (Å²) in [5.74, 6) is 1.72. The van der Waals surface area contributed by atoms with Crippen molar-refractivity contribution in [2.24, 2.45) is 0 Å². The van der Waals surface area contributed by atoms with Gasteiger partial charge in [-0.05, 0) is 25.7 Å². The Kier molecular flexibility index (Phi) is 4.48. The highest BCUT2D eigenvalue weighted by Gasteiger charge is 2.15. The van der Waals surface area contributed by atoms with Crippen molar-refractivity contribution in [2.75, 3.05) is 0 Å². The highest BCUT2D eigenvalue weighted by Crippen LogP contribution is 2.27. The van der Waals surface area contributed by atoms with E-state index in [1.165, 1.54) is 6.42 Å². The summed E-state index contributed by atoms with van der Waals surface area (Å²) in [7, 11) is 0. The lowest BCUT2D eigenvalue weighted by atomic mass is 9.92. The molecule has 1 atom stereocenters. The molecule has 0 saturated carbocycles. The van der Waals surface area contributed by atoms with Crippen molar-refractivity contribution in [1.82, 2.24) is 24.5 Å². The topological polar surface area (TPSA) is 48.5 Å². The van der Waals surface area contributed by atoms with Crippen molar-refractivity contribution in [1.29, 1.82) is 0 Å². The van der Waals surface area contributed by atoms with Crippen LogP contribution in [0.3, 0.4) is 0 Å². The molecule has 112 valence electrons. The van der Waals surface area contributed by atoms with E-state index in [1.807, 2.05) is 10.9 Å². The van der Waals surface area contributed by atoms with Gasteiger partial charge in [0.15, 0.2) is 0 Å². The molecule has 0 saturated heterocycles. The number of allylic oxidation sites excluding steroid dienone is 2. The van der Waals surface area contributed by atoms with Crippen molar-refractivity contribution in [3.05, 3.63) is 42.3 Å². The molecule has 0 spiro atoms. The first-order valence-electron chi connectivity index (χ1n) is 7.92. The van der Waals surface area contributed by atoms with E-state index < -0.39 is 0 Å². The summed E-state index contributed by atoms with van der Waals surface area (Å²) in [5, 5.41) is 8.62. The molecule has 5 nitrogen and oxygen atoms in total. The molecule has 2 heterocycles. The summed E-state index contributed by atoms with van der Waals surface area (Å²) in [5.41, 5.74) is 1.15. The van der Waals surface area contributed by atoms with Crippen LogP contribution in [0.1, 0.15) is 50.0 Å². The number of aromatic nitrogens is 5. The molecule has 2 aromatic heterocycles. The van der Waals surface area contributed by atoms with Gasteiger partial charge < -0.3 is 4.57 Å². The summed E-state index contributed by atoms with van der Waals surface area (Å²) in [4.78, 5) is 4.35. The fourth-order valence-electron chi connectivity index (χ4n) is 2.93. The van der Waals surface area contributed by atoms with Crippen LogP contribution in [-0.2, 0) is 19.5 Å². The Hall–Kier alpha value is -1.91. The Balaban J connectivity index is 1.52. The molecule has 3 rings (SSSR count). The lowest BCUT2D eigenvalue weighted by Crippen LogP contribution is -2.06. The second-order valence-electron chi connectivity index (χ2n) is 5.63. The van der Waals surface area contributed by atoms with Gasteiger partial charge in [-0.3, -0.25) is 4.68 Å². The van der Waals surface area contributed by atoms with Crippen LogP contribution in [0.25, 0.3) is 0 Å². The number of hydrogen-bond donors (Lipinski definition) is 0. The van der Waals surface area contributed by atoms with Crippen LogP contribution in [0.2, 0.25) is 0 Å². The molecule has 0 amide bonds. The first-order chi connectivity index (χ1) is 10.4. The van der Waals surface area contributed by atoms with E-state index in [9.17, 15) is 0 Å². The molecule has 2 aromatic rings. The Morgan fingerprint density at radius 1 is 1.29 bits per heavy atom. The molecule has 0 fully saturated rings. The highest BCUT2D eigenvalue weighted by molar-refractivity contribution is 5.08. The lowest BCUT2D eigenvalue weighted by Gasteiger charge is -2.13. The smallest absolute Gasteiger partial charge is 0.108 e. The molecule has 5 heteroatoms. The fourth-order valence-corrected chi connectivity index (χ4v) is 2.93. The van der Waals surface area contributed by atoms with Gasteiger partial charge in [0.1, 0.15) is 5.82 Å². The summed E-state index contributed by atoms with van der Waals surface area (Å²) < 4.78 is 4.21. The van der Waals surface area contributed by atoms with E-state index in [1.54, 1.807) is 0 Å². The van der Waals surface area contributed by atoms with Gasteiger partial charge in [0.2, 0.25) is 0 Å². The summed E-state index contributed by atoms with van der Waals surface area (Å²) in [6, 6.07) is 0. The van der Waals surface area contributed by atoms with Crippen molar-refractivity contribution in [3.8, 4) is 0 Å². The molecule has 0 radical (unpaired) electrons. The van der Waals surface area contributed by atoms with Crippen LogP contribution < -0.4 is 0 Å². The van der Waals surface area contributed by atoms with Gasteiger partial charge in [0.05, 0.1) is 5.69 Å². The Morgan fingerprint density at radius 2 is 2.24 bits per heavy atom. The van der Waals surface area contributed by atoms with Gasteiger partial charge in [0, 0.05) is 44.0 Å². The zero-order valence-electron chi connectivity index (χ0n) is 12.6. The average Bonchev–Trinajstić information content (AvgIpc) is 3.17. The van der Waals surface area contributed by atoms with Gasteiger partial charge in [-0.25, -0.2) is 4.98 Å². The minimum Gasteiger partial charge on any atom is -0.335 e. The van der Waals surface area contributed by atoms with Crippen LogP contribution in [-0.4, -0.2) is 24.5 Å². The monoisotopic (exact) mass is 285 g/mol. The van der Waals surface area contributed by atoms with Crippen molar-refractivity contribution in [2.45, 2.75) is 58.0 Å². The maximum atomic E-state index is 4.35.